The van der Waals surface area contributed by atoms with Crippen LogP contribution in [0.15, 0.2) is 30.7 Å². The van der Waals surface area contributed by atoms with Crippen molar-refractivity contribution in [1.29, 1.82) is 0 Å². The zero-order chi connectivity index (χ0) is 21.4. The summed E-state index contributed by atoms with van der Waals surface area (Å²) < 4.78 is 46.1. The highest BCUT2D eigenvalue weighted by molar-refractivity contribution is 5.91. The Kier molecular flexibility index (Phi) is 5.31. The summed E-state index contributed by atoms with van der Waals surface area (Å²) in [6.07, 6.45) is 0.885. The maximum atomic E-state index is 14.1. The van der Waals surface area contributed by atoms with Crippen LogP contribution in [0.2, 0.25) is 0 Å². The first-order valence-electron chi connectivity index (χ1n) is 8.67. The van der Waals surface area contributed by atoms with Gasteiger partial charge >= 0.3 is 0 Å². The average Bonchev–Trinajstić information content (AvgIpc) is 2.66. The fraction of sp³-hybridized carbons (Fsp3) is 0.368. The number of hydrogen-bond donors (Lipinski definition) is 2. The summed E-state index contributed by atoms with van der Waals surface area (Å²) in [5.41, 5.74) is -4.25. The van der Waals surface area contributed by atoms with Gasteiger partial charge in [-0.25, -0.2) is 33.1 Å². The van der Waals surface area contributed by atoms with E-state index in [0.717, 1.165) is 13.1 Å². The average molecular weight is 407 g/mol. The summed E-state index contributed by atoms with van der Waals surface area (Å²) in [6.45, 7) is 3.67. The van der Waals surface area contributed by atoms with Crippen molar-refractivity contribution in [2.75, 3.05) is 12.4 Å². The number of rotatable bonds is 6. The van der Waals surface area contributed by atoms with Crippen molar-refractivity contribution < 1.29 is 23.0 Å². The second kappa shape index (κ2) is 7.43. The molecule has 0 amide bonds. The van der Waals surface area contributed by atoms with E-state index in [1.54, 1.807) is 0 Å². The van der Waals surface area contributed by atoms with Gasteiger partial charge in [-0.2, -0.15) is 0 Å². The molecule has 3 aromatic rings. The highest BCUT2D eigenvalue weighted by Gasteiger charge is 2.36. The Labute approximate surface area is 165 Å². The summed E-state index contributed by atoms with van der Waals surface area (Å²) in [6, 6.07) is 2.98. The number of aliphatic hydroxyl groups is 1. The van der Waals surface area contributed by atoms with E-state index in [1.807, 2.05) is 0 Å². The molecule has 7 nitrogen and oxygen atoms in total. The first-order chi connectivity index (χ1) is 13.5. The summed E-state index contributed by atoms with van der Waals surface area (Å²) >= 11 is 0. The van der Waals surface area contributed by atoms with Gasteiger partial charge < -0.3 is 15.2 Å². The predicted octanol–water partition coefficient (Wildman–Crippen LogP) is 3.85. The fourth-order valence-electron chi connectivity index (χ4n) is 2.71. The van der Waals surface area contributed by atoms with Crippen molar-refractivity contribution in [2.24, 2.45) is 0 Å². The third-order valence-electron chi connectivity index (χ3n) is 4.34. The fourth-order valence-corrected chi connectivity index (χ4v) is 2.71. The Morgan fingerprint density at radius 1 is 1.07 bits per heavy atom. The van der Waals surface area contributed by atoms with Crippen molar-refractivity contribution >= 4 is 22.4 Å². The first kappa shape index (κ1) is 20.7. The molecule has 0 spiro atoms. The summed E-state index contributed by atoms with van der Waals surface area (Å²) in [7, 11) is 1.39. The van der Waals surface area contributed by atoms with Gasteiger partial charge in [-0.05, 0) is 32.9 Å². The van der Waals surface area contributed by atoms with Crippen LogP contribution in [0.3, 0.4) is 0 Å². The van der Waals surface area contributed by atoms with Crippen LogP contribution in [-0.4, -0.2) is 38.6 Å². The maximum Gasteiger partial charge on any atom is 0.270 e. The number of methoxy groups -OCH3 is 1. The van der Waals surface area contributed by atoms with E-state index in [4.69, 9.17) is 4.74 Å². The number of hydrogen-bond acceptors (Lipinski definition) is 7. The van der Waals surface area contributed by atoms with Crippen molar-refractivity contribution in [2.45, 2.75) is 38.5 Å². The van der Waals surface area contributed by atoms with Crippen molar-refractivity contribution in [3.63, 3.8) is 0 Å². The topological polar surface area (TPSA) is 93.1 Å². The molecule has 3 heterocycles. The molecule has 0 bridgehead atoms. The van der Waals surface area contributed by atoms with Crippen molar-refractivity contribution in [3.05, 3.63) is 42.1 Å². The van der Waals surface area contributed by atoms with Gasteiger partial charge in [0.05, 0.1) is 12.5 Å². The predicted molar refractivity (Wildman–Crippen MR) is 101 cm³/mol. The van der Waals surface area contributed by atoms with Crippen LogP contribution in [0, 0.1) is 0 Å². The maximum absolute atomic E-state index is 14.1. The summed E-state index contributed by atoms with van der Waals surface area (Å²) in [5.74, 6) is 0.681. The van der Waals surface area contributed by atoms with Crippen LogP contribution in [0.25, 0.3) is 10.8 Å². The standard InChI is InChI=1S/C19H20F3N5O2/c1-18(2,22)17-23-6-5-13(27-17)26-14-7-10-11(8-24-14)15(29-4)25-9-12(10)19(3,28)16(20)21/h5-9,16,28H,1-4H3,(H,23,24,26,27)/t19-/m1/s1. The monoisotopic (exact) mass is 407 g/mol. The number of nitrogens with zero attached hydrogens (tertiary/aromatic N) is 4. The van der Waals surface area contributed by atoms with E-state index in [-0.39, 0.29) is 34.3 Å². The number of pyridine rings is 2. The van der Waals surface area contributed by atoms with Gasteiger partial charge in [0.25, 0.3) is 6.43 Å². The Bertz CT molecular complexity index is 1040. The lowest BCUT2D eigenvalue weighted by molar-refractivity contribution is -0.0875. The van der Waals surface area contributed by atoms with Crippen LogP contribution in [0.4, 0.5) is 24.8 Å². The zero-order valence-electron chi connectivity index (χ0n) is 16.2. The van der Waals surface area contributed by atoms with E-state index in [0.29, 0.717) is 5.39 Å². The largest absolute Gasteiger partial charge is 0.481 e. The molecule has 0 saturated carbocycles. The molecule has 2 N–H and O–H groups in total. The van der Waals surface area contributed by atoms with Crippen molar-refractivity contribution in [1.82, 2.24) is 19.9 Å². The van der Waals surface area contributed by atoms with Gasteiger partial charge in [0, 0.05) is 29.5 Å². The normalized spacial score (nSPS) is 14.1. The summed E-state index contributed by atoms with van der Waals surface area (Å²) in [4.78, 5) is 16.2. The number of aromatic nitrogens is 4. The molecule has 0 aliphatic heterocycles. The lowest BCUT2D eigenvalue weighted by Crippen LogP contribution is -2.30. The van der Waals surface area contributed by atoms with Crippen LogP contribution in [0.5, 0.6) is 5.88 Å². The third kappa shape index (κ3) is 4.07. The summed E-state index contributed by atoms with van der Waals surface area (Å²) in [5, 5.41) is 13.8. The molecule has 0 aromatic carbocycles. The second-order valence-electron chi connectivity index (χ2n) is 7.11. The van der Waals surface area contributed by atoms with E-state index >= 15 is 0 Å². The SMILES string of the molecule is COc1ncc([C@@](C)(O)C(F)F)c2cc(Nc3ccnc(C(C)(C)F)n3)ncc12. The van der Waals surface area contributed by atoms with Crippen molar-refractivity contribution in [3.8, 4) is 5.88 Å². The van der Waals surface area contributed by atoms with Gasteiger partial charge in [0.2, 0.25) is 5.88 Å². The Morgan fingerprint density at radius 3 is 2.41 bits per heavy atom. The zero-order valence-corrected chi connectivity index (χ0v) is 16.2. The molecule has 1 atom stereocenters. The minimum atomic E-state index is -3.04. The quantitative estimate of drug-likeness (QED) is 0.641. The highest BCUT2D eigenvalue weighted by Crippen LogP contribution is 2.36. The van der Waals surface area contributed by atoms with E-state index in [9.17, 15) is 18.3 Å². The van der Waals surface area contributed by atoms with E-state index in [1.165, 1.54) is 45.5 Å². The molecular weight excluding hydrogens is 387 g/mol. The van der Waals surface area contributed by atoms with Crippen LogP contribution in [0.1, 0.15) is 32.2 Å². The smallest absolute Gasteiger partial charge is 0.270 e. The third-order valence-corrected chi connectivity index (χ3v) is 4.34. The van der Waals surface area contributed by atoms with Gasteiger partial charge in [0.15, 0.2) is 11.5 Å². The van der Waals surface area contributed by atoms with Gasteiger partial charge in [-0.15, -0.1) is 0 Å². The molecule has 0 aliphatic rings. The molecule has 0 saturated heterocycles. The number of anilines is 2. The molecule has 29 heavy (non-hydrogen) atoms. The number of nitrogens with one attached hydrogen (secondary N) is 1. The number of fused-ring (bicyclic) bond motifs is 1. The van der Waals surface area contributed by atoms with Crippen LogP contribution < -0.4 is 10.1 Å². The number of alkyl halides is 3. The Balaban J connectivity index is 2.10. The number of ether oxygens (including phenoxy) is 1. The van der Waals surface area contributed by atoms with Crippen LogP contribution in [-0.2, 0) is 11.3 Å². The molecule has 154 valence electrons. The van der Waals surface area contributed by atoms with Gasteiger partial charge in [-0.1, -0.05) is 0 Å². The lowest BCUT2D eigenvalue weighted by Gasteiger charge is -2.24. The Morgan fingerprint density at radius 2 is 1.79 bits per heavy atom. The van der Waals surface area contributed by atoms with E-state index in [2.05, 4.69) is 25.3 Å². The Hall–Kier alpha value is -3.01. The molecule has 0 fully saturated rings. The minimum Gasteiger partial charge on any atom is -0.481 e. The molecule has 0 radical (unpaired) electrons. The number of halogens is 3. The lowest BCUT2D eigenvalue weighted by atomic mass is 9.93. The van der Waals surface area contributed by atoms with Gasteiger partial charge in [0.1, 0.15) is 17.2 Å². The molecule has 10 heteroatoms. The van der Waals surface area contributed by atoms with Crippen LogP contribution >= 0.6 is 0 Å². The second-order valence-corrected chi connectivity index (χ2v) is 7.11. The minimum absolute atomic E-state index is 0.0181. The molecule has 3 rings (SSSR count). The molecule has 0 aliphatic carbocycles. The highest BCUT2D eigenvalue weighted by atomic mass is 19.3. The molecular formula is C19H20F3N5O2. The van der Waals surface area contributed by atoms with Gasteiger partial charge in [-0.3, -0.25) is 0 Å². The van der Waals surface area contributed by atoms with E-state index < -0.39 is 17.7 Å². The first-order valence-corrected chi connectivity index (χ1v) is 8.67. The molecule has 0 unspecified atom stereocenters. The molecule has 3 aromatic heterocycles.